The Morgan fingerprint density at radius 3 is 2.48 bits per heavy atom. The second kappa shape index (κ2) is 9.41. The van der Waals surface area contributed by atoms with Crippen LogP contribution in [0.5, 0.6) is 0 Å². The lowest BCUT2D eigenvalue weighted by Gasteiger charge is -2.54. The van der Waals surface area contributed by atoms with Crippen molar-refractivity contribution >= 4 is 5.69 Å². The van der Waals surface area contributed by atoms with Crippen LogP contribution < -0.4 is 20.7 Å². The van der Waals surface area contributed by atoms with Crippen LogP contribution in [0.4, 0.5) is 5.69 Å². The summed E-state index contributed by atoms with van der Waals surface area (Å²) in [7, 11) is 0. The number of rotatable bonds is 6. The smallest absolute Gasteiger partial charge is 0.178 e. The molecule has 0 aromatic heterocycles. The number of ether oxygens (including phenoxy) is 1. The summed E-state index contributed by atoms with van der Waals surface area (Å²) in [5.41, 5.74) is 4.47. The van der Waals surface area contributed by atoms with Crippen molar-refractivity contribution < 1.29 is 9.57 Å². The largest absolute Gasteiger partial charge is 0.395 e. The Kier molecular flexibility index (Phi) is 6.42. The minimum Gasteiger partial charge on any atom is -0.395 e. The van der Waals surface area contributed by atoms with E-state index in [9.17, 15) is 0 Å². The molecule has 4 heterocycles. The van der Waals surface area contributed by atoms with Gasteiger partial charge in [0.25, 0.3) is 0 Å². The van der Waals surface area contributed by atoms with E-state index < -0.39 is 0 Å². The molecular weight excluding hydrogens is 394 g/mol. The summed E-state index contributed by atoms with van der Waals surface area (Å²) in [5, 5.41) is 9.40. The lowest BCUT2D eigenvalue weighted by molar-refractivity contribution is -0.145. The highest BCUT2D eigenvalue weighted by atomic mass is 16.7. The third-order valence-corrected chi connectivity index (χ3v) is 7.28. The van der Waals surface area contributed by atoms with Crippen molar-refractivity contribution in [2.24, 2.45) is 0 Å². The molecule has 3 saturated heterocycles. The Labute approximate surface area is 185 Å². The van der Waals surface area contributed by atoms with E-state index in [0.29, 0.717) is 0 Å². The highest BCUT2D eigenvalue weighted by Gasteiger charge is 2.48. The monoisotopic (exact) mass is 430 g/mol. The summed E-state index contributed by atoms with van der Waals surface area (Å²) in [5.74, 6) is -0.317. The van der Waals surface area contributed by atoms with Crippen LogP contribution in [-0.2, 0) is 9.57 Å². The van der Waals surface area contributed by atoms with Crippen LogP contribution in [0, 0.1) is 0 Å². The number of para-hydroxylation sites is 1. The predicted octanol–water partition coefficient (Wildman–Crippen LogP) is -0.289. The van der Waals surface area contributed by atoms with Gasteiger partial charge < -0.3 is 14.9 Å². The first-order chi connectivity index (χ1) is 15.3. The molecule has 31 heavy (non-hydrogen) atoms. The average molecular weight is 431 g/mol. The van der Waals surface area contributed by atoms with Crippen molar-refractivity contribution in [3.05, 3.63) is 42.8 Å². The fourth-order valence-electron chi connectivity index (χ4n) is 5.36. The zero-order valence-corrected chi connectivity index (χ0v) is 18.3. The van der Waals surface area contributed by atoms with Gasteiger partial charge >= 0.3 is 0 Å². The summed E-state index contributed by atoms with van der Waals surface area (Å²) < 4.78 is 6.59. The van der Waals surface area contributed by atoms with Crippen molar-refractivity contribution in [2.75, 3.05) is 85.2 Å². The highest BCUT2D eigenvalue weighted by Crippen LogP contribution is 2.29. The van der Waals surface area contributed by atoms with Gasteiger partial charge in [-0.1, -0.05) is 23.8 Å². The fraction of sp³-hybridized carbons (Fsp3) is 0.636. The molecule has 9 nitrogen and oxygen atoms in total. The van der Waals surface area contributed by atoms with Gasteiger partial charge in [-0.05, 0) is 12.1 Å². The number of morpholine rings is 1. The van der Waals surface area contributed by atoms with Gasteiger partial charge in [-0.15, -0.1) is 0 Å². The van der Waals surface area contributed by atoms with Gasteiger partial charge in [-0.2, -0.15) is 0 Å². The van der Waals surface area contributed by atoms with Gasteiger partial charge in [0.15, 0.2) is 5.79 Å². The van der Waals surface area contributed by atoms with E-state index in [-0.39, 0.29) is 5.79 Å². The molecule has 0 bridgehead atoms. The number of piperazine rings is 2. The number of benzene rings is 1. The van der Waals surface area contributed by atoms with Gasteiger partial charge in [-0.25, -0.2) is 5.01 Å². The van der Waals surface area contributed by atoms with Crippen LogP contribution in [0.1, 0.15) is 0 Å². The molecule has 0 aliphatic carbocycles. The SMILES string of the molecule is C1=CN(C2(N3CC[N+](CCN4CCOCC4)(c4ccccc4)CC3)CNCCN2)NO1. The molecule has 9 heteroatoms. The lowest BCUT2D eigenvalue weighted by atomic mass is 10.1. The minimum atomic E-state index is -0.317. The molecule has 1 unspecified atom stereocenters. The molecule has 4 aliphatic rings. The molecular formula is C22H36N7O2+. The lowest BCUT2D eigenvalue weighted by Crippen LogP contribution is -2.79. The molecule has 3 fully saturated rings. The maximum atomic E-state index is 5.55. The third-order valence-electron chi connectivity index (χ3n) is 7.28. The number of nitrogens with one attached hydrogen (secondary N) is 3. The Morgan fingerprint density at radius 2 is 1.81 bits per heavy atom. The molecule has 0 saturated carbocycles. The first kappa shape index (κ1) is 21.1. The van der Waals surface area contributed by atoms with Crippen molar-refractivity contribution in [2.45, 2.75) is 5.79 Å². The Bertz CT molecular complexity index is 727. The van der Waals surface area contributed by atoms with Crippen LogP contribution >= 0.6 is 0 Å². The number of nitrogens with zero attached hydrogens (tertiary/aromatic N) is 4. The first-order valence-electron chi connectivity index (χ1n) is 11.6. The van der Waals surface area contributed by atoms with Crippen molar-refractivity contribution in [1.82, 2.24) is 35.5 Å². The van der Waals surface area contributed by atoms with Gasteiger partial charge in [0.1, 0.15) is 11.9 Å². The molecule has 5 rings (SSSR count). The molecule has 0 amide bonds. The zero-order chi connectivity index (χ0) is 21.0. The van der Waals surface area contributed by atoms with E-state index in [1.807, 2.05) is 6.20 Å². The second-order valence-corrected chi connectivity index (χ2v) is 8.88. The zero-order valence-electron chi connectivity index (χ0n) is 18.3. The Balaban J connectivity index is 1.32. The fourth-order valence-corrected chi connectivity index (χ4v) is 5.36. The standard InChI is InChI=1S/C22H36N7O2/c1-2-4-21(5-3-1)29(14-8-26-11-17-30-18-12-26)15-9-27(10-16-29)22(20-23-6-7-24-22)28-13-19-31-25-28/h1-5,13,19,23-25H,6-12,14-18,20H2/q+1. The van der Waals surface area contributed by atoms with E-state index >= 15 is 0 Å². The third kappa shape index (κ3) is 4.31. The van der Waals surface area contributed by atoms with Gasteiger partial charge in [0.2, 0.25) is 0 Å². The molecule has 170 valence electrons. The second-order valence-electron chi connectivity index (χ2n) is 8.88. The quantitative estimate of drug-likeness (QED) is 0.533. The van der Waals surface area contributed by atoms with Crippen molar-refractivity contribution in [3.63, 3.8) is 0 Å². The summed E-state index contributed by atoms with van der Waals surface area (Å²) in [4.78, 5) is 10.5. The van der Waals surface area contributed by atoms with Crippen LogP contribution in [0.15, 0.2) is 42.8 Å². The van der Waals surface area contributed by atoms with Crippen LogP contribution in [0.2, 0.25) is 0 Å². The minimum absolute atomic E-state index is 0.317. The molecule has 0 radical (unpaired) electrons. The van der Waals surface area contributed by atoms with Gasteiger partial charge in [0, 0.05) is 39.3 Å². The number of hydrazine groups is 1. The van der Waals surface area contributed by atoms with E-state index in [1.165, 1.54) is 5.69 Å². The van der Waals surface area contributed by atoms with E-state index in [1.54, 1.807) is 6.26 Å². The van der Waals surface area contributed by atoms with Crippen LogP contribution in [0.25, 0.3) is 0 Å². The molecule has 3 N–H and O–H groups in total. The molecule has 1 aromatic rings. The normalized spacial score (nSPS) is 29.7. The summed E-state index contributed by atoms with van der Waals surface area (Å²) in [6, 6.07) is 11.1. The van der Waals surface area contributed by atoms with Crippen LogP contribution in [0.3, 0.4) is 0 Å². The Morgan fingerprint density at radius 1 is 1.00 bits per heavy atom. The maximum absolute atomic E-state index is 5.55. The van der Waals surface area contributed by atoms with Gasteiger partial charge in [-0.3, -0.25) is 19.6 Å². The van der Waals surface area contributed by atoms with E-state index in [2.05, 4.69) is 61.4 Å². The van der Waals surface area contributed by atoms with Crippen molar-refractivity contribution in [1.29, 1.82) is 0 Å². The molecule has 1 atom stereocenters. The van der Waals surface area contributed by atoms with Crippen molar-refractivity contribution in [3.8, 4) is 0 Å². The average Bonchev–Trinajstić information content (AvgIpc) is 3.41. The predicted molar refractivity (Wildman–Crippen MR) is 120 cm³/mol. The summed E-state index contributed by atoms with van der Waals surface area (Å²) in [6.07, 6.45) is 3.68. The summed E-state index contributed by atoms with van der Waals surface area (Å²) in [6.45, 7) is 13.0. The van der Waals surface area contributed by atoms with E-state index in [0.717, 1.165) is 89.7 Å². The number of hydrogen-bond acceptors (Lipinski definition) is 8. The van der Waals surface area contributed by atoms with Crippen LogP contribution in [-0.4, -0.2) is 106 Å². The van der Waals surface area contributed by atoms with Gasteiger partial charge in [0.05, 0.1) is 52.1 Å². The number of quaternary nitrogens is 1. The summed E-state index contributed by atoms with van der Waals surface area (Å²) >= 11 is 0. The molecule has 1 aromatic carbocycles. The molecule has 0 spiro atoms. The number of hydrogen-bond donors (Lipinski definition) is 3. The van der Waals surface area contributed by atoms with E-state index in [4.69, 9.17) is 9.57 Å². The maximum Gasteiger partial charge on any atom is 0.178 e. The highest BCUT2D eigenvalue weighted by molar-refractivity contribution is 5.43. The Hall–Kier alpha value is -1.72. The first-order valence-corrected chi connectivity index (χ1v) is 11.6. The topological polar surface area (TPSA) is 64.3 Å². The molecule has 4 aliphatic heterocycles.